The monoisotopic (exact) mass is 248 g/mol. The molecule has 1 aliphatic rings. The second kappa shape index (κ2) is 4.63. The Morgan fingerprint density at radius 1 is 1.33 bits per heavy atom. The molecule has 18 heavy (non-hydrogen) atoms. The zero-order chi connectivity index (χ0) is 13.4. The van der Waals surface area contributed by atoms with Crippen LogP contribution in [0, 0.1) is 5.92 Å². The Kier molecular flexibility index (Phi) is 3.47. The second-order valence-electron chi connectivity index (χ2n) is 6.30. The highest BCUT2D eigenvalue weighted by atomic mass is 16.5. The van der Waals surface area contributed by atoms with Gasteiger partial charge in [-0.25, -0.2) is 0 Å². The molecule has 2 rings (SSSR count). The molecule has 0 bridgehead atoms. The molecule has 2 atom stereocenters. The van der Waals surface area contributed by atoms with Crippen molar-refractivity contribution in [2.45, 2.75) is 51.4 Å². The minimum absolute atomic E-state index is 0.0575. The molecule has 3 nitrogen and oxygen atoms in total. The van der Waals surface area contributed by atoms with Crippen LogP contribution in [0.5, 0.6) is 0 Å². The maximum atomic E-state index is 6.19. The first-order chi connectivity index (χ1) is 8.36. The van der Waals surface area contributed by atoms with Crippen LogP contribution >= 0.6 is 0 Å². The highest BCUT2D eigenvalue weighted by Gasteiger charge is 2.49. The molecule has 0 aliphatic carbocycles. The van der Waals surface area contributed by atoms with Crippen molar-refractivity contribution in [3.63, 3.8) is 0 Å². The fraction of sp³-hybridized carbons (Fsp3) is 0.667. The summed E-state index contributed by atoms with van der Waals surface area (Å²) in [5, 5.41) is 3.41. The molecule has 1 N–H and O–H groups in total. The molecule has 3 heteroatoms. The summed E-state index contributed by atoms with van der Waals surface area (Å²) >= 11 is 0. The molecule has 1 aliphatic heterocycles. The third-order valence-electron chi connectivity index (χ3n) is 3.86. The molecular weight excluding hydrogens is 224 g/mol. The van der Waals surface area contributed by atoms with Crippen LogP contribution in [0.2, 0.25) is 0 Å². The average Bonchev–Trinajstić information content (AvgIpc) is 2.50. The van der Waals surface area contributed by atoms with Crippen molar-refractivity contribution in [1.82, 2.24) is 10.3 Å². The zero-order valence-corrected chi connectivity index (χ0v) is 12.0. The summed E-state index contributed by atoms with van der Waals surface area (Å²) in [7, 11) is 2.00. The first kappa shape index (κ1) is 13.5. The lowest BCUT2D eigenvalue weighted by atomic mass is 9.80. The van der Waals surface area contributed by atoms with Gasteiger partial charge in [0.15, 0.2) is 0 Å². The number of pyridine rings is 1. The van der Waals surface area contributed by atoms with Gasteiger partial charge in [-0.3, -0.25) is 4.98 Å². The first-order valence-corrected chi connectivity index (χ1v) is 6.64. The number of hydrogen-bond acceptors (Lipinski definition) is 3. The largest absolute Gasteiger partial charge is 0.369 e. The van der Waals surface area contributed by atoms with E-state index in [2.05, 4.69) is 44.1 Å². The van der Waals surface area contributed by atoms with E-state index in [1.807, 2.05) is 25.4 Å². The molecule has 0 radical (unpaired) electrons. The Balaban J connectivity index is 2.29. The second-order valence-corrected chi connectivity index (χ2v) is 6.30. The van der Waals surface area contributed by atoms with Crippen molar-refractivity contribution in [2.24, 2.45) is 5.92 Å². The third kappa shape index (κ3) is 2.57. The fourth-order valence-electron chi connectivity index (χ4n) is 3.24. The molecule has 0 spiro atoms. The Labute approximate surface area is 110 Å². The van der Waals surface area contributed by atoms with E-state index in [4.69, 9.17) is 4.74 Å². The van der Waals surface area contributed by atoms with Gasteiger partial charge in [-0.2, -0.15) is 0 Å². The Hall–Kier alpha value is -0.930. The zero-order valence-electron chi connectivity index (χ0n) is 12.0. The van der Waals surface area contributed by atoms with Gasteiger partial charge < -0.3 is 10.1 Å². The minimum Gasteiger partial charge on any atom is -0.369 e. The van der Waals surface area contributed by atoms with Crippen LogP contribution < -0.4 is 5.32 Å². The summed E-state index contributed by atoms with van der Waals surface area (Å²) in [4.78, 5) is 4.49. The number of nitrogens with one attached hydrogen (secondary N) is 1. The lowest BCUT2D eigenvalue weighted by Crippen LogP contribution is -2.37. The number of nitrogens with zero attached hydrogens (tertiary/aromatic N) is 1. The number of rotatable bonds is 3. The maximum Gasteiger partial charge on any atom is 0.0681 e. The van der Waals surface area contributed by atoms with Crippen LogP contribution in [0.3, 0.4) is 0 Å². The topological polar surface area (TPSA) is 34.2 Å². The van der Waals surface area contributed by atoms with Gasteiger partial charge in [0.2, 0.25) is 0 Å². The van der Waals surface area contributed by atoms with Gasteiger partial charge >= 0.3 is 0 Å². The average molecular weight is 248 g/mol. The Bertz CT molecular complexity index is 400. The van der Waals surface area contributed by atoms with Crippen LogP contribution in [0.25, 0.3) is 0 Å². The summed E-state index contributed by atoms with van der Waals surface area (Å²) in [5.74, 6) is 0.424. The van der Waals surface area contributed by atoms with Crippen LogP contribution in [0.1, 0.15) is 45.9 Å². The molecule has 0 amide bonds. The van der Waals surface area contributed by atoms with Crippen LogP contribution in [-0.4, -0.2) is 23.2 Å². The molecule has 100 valence electrons. The molecule has 1 aromatic heterocycles. The van der Waals surface area contributed by atoms with Crippen molar-refractivity contribution in [3.8, 4) is 0 Å². The van der Waals surface area contributed by atoms with Crippen LogP contribution in [0.4, 0.5) is 0 Å². The Morgan fingerprint density at radius 2 is 2.06 bits per heavy atom. The third-order valence-corrected chi connectivity index (χ3v) is 3.86. The number of hydrogen-bond donors (Lipinski definition) is 1. The highest BCUT2D eigenvalue weighted by molar-refractivity contribution is 5.13. The van der Waals surface area contributed by atoms with E-state index in [-0.39, 0.29) is 17.2 Å². The molecule has 2 unspecified atom stereocenters. The van der Waals surface area contributed by atoms with Gasteiger partial charge in [0, 0.05) is 12.1 Å². The van der Waals surface area contributed by atoms with Crippen molar-refractivity contribution >= 4 is 0 Å². The maximum absolute atomic E-state index is 6.19. The quantitative estimate of drug-likeness (QED) is 0.893. The van der Waals surface area contributed by atoms with Crippen LogP contribution in [-0.2, 0) is 4.74 Å². The summed E-state index contributed by atoms with van der Waals surface area (Å²) in [5.41, 5.74) is 0.909. The van der Waals surface area contributed by atoms with E-state index in [9.17, 15) is 0 Å². The van der Waals surface area contributed by atoms with Crippen molar-refractivity contribution in [2.75, 3.05) is 7.05 Å². The molecule has 2 heterocycles. The standard InChI is InChI=1S/C15H24N2O/c1-14(2)10-11(15(3,4)18-14)13(16-5)12-8-6-7-9-17-12/h6-9,11,13,16H,10H2,1-5H3. The molecule has 0 saturated carbocycles. The lowest BCUT2D eigenvalue weighted by Gasteiger charge is -2.32. The van der Waals surface area contributed by atoms with Gasteiger partial charge in [-0.05, 0) is 53.3 Å². The number of ether oxygens (including phenoxy) is 1. The number of aromatic nitrogens is 1. The predicted octanol–water partition coefficient (Wildman–Crippen LogP) is 2.94. The first-order valence-electron chi connectivity index (χ1n) is 6.64. The molecule has 1 fully saturated rings. The van der Waals surface area contributed by atoms with Gasteiger partial charge in [-0.15, -0.1) is 0 Å². The van der Waals surface area contributed by atoms with Gasteiger partial charge in [-0.1, -0.05) is 6.07 Å². The van der Waals surface area contributed by atoms with E-state index in [0.717, 1.165) is 12.1 Å². The van der Waals surface area contributed by atoms with Gasteiger partial charge in [0.1, 0.15) is 0 Å². The minimum atomic E-state index is -0.130. The SMILES string of the molecule is CNC(c1ccccn1)C1CC(C)(C)OC1(C)C. The fourth-order valence-corrected chi connectivity index (χ4v) is 3.24. The van der Waals surface area contributed by atoms with Crippen molar-refractivity contribution < 1.29 is 4.74 Å². The smallest absolute Gasteiger partial charge is 0.0681 e. The van der Waals surface area contributed by atoms with Crippen LogP contribution in [0.15, 0.2) is 24.4 Å². The molecule has 1 aromatic rings. The van der Waals surface area contributed by atoms with E-state index in [0.29, 0.717) is 5.92 Å². The summed E-state index contributed by atoms with van der Waals surface area (Å²) in [6.07, 6.45) is 2.90. The summed E-state index contributed by atoms with van der Waals surface area (Å²) < 4.78 is 6.19. The normalized spacial score (nSPS) is 27.1. The molecule has 1 saturated heterocycles. The van der Waals surface area contributed by atoms with Crippen molar-refractivity contribution in [3.05, 3.63) is 30.1 Å². The van der Waals surface area contributed by atoms with E-state index in [1.165, 1.54) is 0 Å². The summed E-state index contributed by atoms with van der Waals surface area (Å²) in [6, 6.07) is 6.32. The Morgan fingerprint density at radius 3 is 2.50 bits per heavy atom. The molecular formula is C15H24N2O. The predicted molar refractivity (Wildman–Crippen MR) is 73.4 cm³/mol. The van der Waals surface area contributed by atoms with E-state index in [1.54, 1.807) is 0 Å². The van der Waals surface area contributed by atoms with E-state index >= 15 is 0 Å². The van der Waals surface area contributed by atoms with Gasteiger partial charge in [0.25, 0.3) is 0 Å². The van der Waals surface area contributed by atoms with Crippen molar-refractivity contribution in [1.29, 1.82) is 0 Å². The molecule has 0 aromatic carbocycles. The van der Waals surface area contributed by atoms with Gasteiger partial charge in [0.05, 0.1) is 22.9 Å². The lowest BCUT2D eigenvalue weighted by molar-refractivity contribution is -0.0778. The summed E-state index contributed by atoms with van der Waals surface area (Å²) in [6.45, 7) is 8.69. The highest BCUT2D eigenvalue weighted by Crippen LogP contribution is 2.47. The van der Waals surface area contributed by atoms with E-state index < -0.39 is 0 Å².